The van der Waals surface area contributed by atoms with Crippen LogP contribution in [0.1, 0.15) is 25.1 Å². The molecule has 0 radical (unpaired) electrons. The molecule has 0 aliphatic heterocycles. The Balaban J connectivity index is 2.84. The van der Waals surface area contributed by atoms with E-state index in [4.69, 9.17) is 9.68 Å². The second-order valence-corrected chi connectivity index (χ2v) is 2.91. The van der Waals surface area contributed by atoms with Crippen LogP contribution in [0, 0.1) is 11.3 Å². The van der Waals surface area contributed by atoms with Gasteiger partial charge in [0.05, 0.1) is 12.3 Å². The summed E-state index contributed by atoms with van der Waals surface area (Å²) in [5, 5.41) is 8.91. The molecule has 1 rings (SSSR count). The average molecular weight is 192 g/mol. The van der Waals surface area contributed by atoms with E-state index in [2.05, 4.69) is 0 Å². The number of furan rings is 1. The van der Waals surface area contributed by atoms with Gasteiger partial charge in [-0.2, -0.15) is 5.26 Å². The lowest BCUT2D eigenvalue weighted by molar-refractivity contribution is -0.131. The SMILES string of the molecule is CCC(=O)N(C)C(C#N)c1ccco1. The van der Waals surface area contributed by atoms with Crippen molar-refractivity contribution in [2.45, 2.75) is 19.4 Å². The lowest BCUT2D eigenvalue weighted by atomic mass is 10.2. The standard InChI is InChI=1S/C10H12N2O2/c1-3-10(13)12(2)8(7-11)9-5-4-6-14-9/h4-6,8H,3H2,1-2H3. The molecule has 1 aromatic heterocycles. The fraction of sp³-hybridized carbons (Fsp3) is 0.400. The molecule has 1 aromatic rings. The predicted molar refractivity (Wildman–Crippen MR) is 50.1 cm³/mol. The van der Waals surface area contributed by atoms with Gasteiger partial charge in [0, 0.05) is 13.5 Å². The number of nitrogens with zero attached hydrogens (tertiary/aromatic N) is 2. The molecule has 0 bridgehead atoms. The van der Waals surface area contributed by atoms with Crippen molar-refractivity contribution in [3.8, 4) is 6.07 Å². The van der Waals surface area contributed by atoms with Crippen molar-refractivity contribution >= 4 is 5.91 Å². The van der Waals surface area contributed by atoms with Crippen LogP contribution in [0.5, 0.6) is 0 Å². The van der Waals surface area contributed by atoms with Gasteiger partial charge in [0.2, 0.25) is 5.91 Å². The zero-order valence-electron chi connectivity index (χ0n) is 8.23. The van der Waals surface area contributed by atoms with Crippen LogP contribution in [-0.4, -0.2) is 17.9 Å². The van der Waals surface area contributed by atoms with Crippen molar-refractivity contribution in [2.75, 3.05) is 7.05 Å². The van der Waals surface area contributed by atoms with E-state index >= 15 is 0 Å². The van der Waals surface area contributed by atoms with E-state index in [1.54, 1.807) is 26.1 Å². The van der Waals surface area contributed by atoms with E-state index in [0.717, 1.165) is 0 Å². The lowest BCUT2D eigenvalue weighted by Gasteiger charge is -2.20. The largest absolute Gasteiger partial charge is 0.466 e. The Labute approximate surface area is 82.7 Å². The Kier molecular flexibility index (Phi) is 3.29. The van der Waals surface area contributed by atoms with Crippen LogP contribution in [0.25, 0.3) is 0 Å². The summed E-state index contributed by atoms with van der Waals surface area (Å²) in [5.41, 5.74) is 0. The second kappa shape index (κ2) is 4.47. The third-order valence-corrected chi connectivity index (χ3v) is 2.02. The molecule has 4 heteroatoms. The van der Waals surface area contributed by atoms with Gasteiger partial charge in [-0.05, 0) is 12.1 Å². The summed E-state index contributed by atoms with van der Waals surface area (Å²) in [7, 11) is 1.60. The highest BCUT2D eigenvalue weighted by Crippen LogP contribution is 2.19. The predicted octanol–water partition coefficient (Wildman–Crippen LogP) is 1.71. The minimum absolute atomic E-state index is 0.0760. The molecule has 0 aromatic carbocycles. The van der Waals surface area contributed by atoms with Crippen LogP contribution in [0.2, 0.25) is 0 Å². The topological polar surface area (TPSA) is 57.2 Å². The van der Waals surface area contributed by atoms with Gasteiger partial charge in [0.1, 0.15) is 5.76 Å². The molecule has 1 amide bonds. The van der Waals surface area contributed by atoms with E-state index < -0.39 is 6.04 Å². The monoisotopic (exact) mass is 192 g/mol. The fourth-order valence-electron chi connectivity index (χ4n) is 1.18. The first-order valence-electron chi connectivity index (χ1n) is 4.39. The van der Waals surface area contributed by atoms with Crippen molar-refractivity contribution in [3.05, 3.63) is 24.2 Å². The van der Waals surface area contributed by atoms with Crippen molar-refractivity contribution < 1.29 is 9.21 Å². The third kappa shape index (κ3) is 1.94. The number of rotatable bonds is 3. The summed E-state index contributed by atoms with van der Waals surface area (Å²) in [6.07, 6.45) is 1.87. The van der Waals surface area contributed by atoms with Crippen molar-refractivity contribution in [1.29, 1.82) is 5.26 Å². The Morgan fingerprint density at radius 2 is 2.50 bits per heavy atom. The molecule has 74 valence electrons. The molecule has 1 atom stereocenters. The first-order chi connectivity index (χ1) is 6.70. The van der Waals surface area contributed by atoms with E-state index in [-0.39, 0.29) is 5.91 Å². The molecule has 4 nitrogen and oxygen atoms in total. The maximum atomic E-state index is 11.3. The Hall–Kier alpha value is -1.76. The van der Waals surface area contributed by atoms with Crippen LogP contribution in [-0.2, 0) is 4.79 Å². The average Bonchev–Trinajstić information content (AvgIpc) is 2.71. The molecule has 0 saturated heterocycles. The molecule has 0 N–H and O–H groups in total. The second-order valence-electron chi connectivity index (χ2n) is 2.91. The summed E-state index contributed by atoms with van der Waals surface area (Å²) in [5.74, 6) is 0.421. The van der Waals surface area contributed by atoms with Gasteiger partial charge < -0.3 is 9.32 Å². The molecule has 0 fully saturated rings. The van der Waals surface area contributed by atoms with E-state index in [1.165, 1.54) is 11.2 Å². The number of amides is 1. The zero-order chi connectivity index (χ0) is 10.6. The maximum absolute atomic E-state index is 11.3. The number of carbonyl (C=O) groups is 1. The van der Waals surface area contributed by atoms with Crippen LogP contribution in [0.3, 0.4) is 0 Å². The Morgan fingerprint density at radius 1 is 1.79 bits per heavy atom. The highest BCUT2D eigenvalue weighted by atomic mass is 16.3. The van der Waals surface area contributed by atoms with Crippen molar-refractivity contribution in [2.24, 2.45) is 0 Å². The van der Waals surface area contributed by atoms with E-state index in [1.807, 2.05) is 6.07 Å². The molecule has 0 aliphatic carbocycles. The van der Waals surface area contributed by atoms with Crippen LogP contribution in [0.15, 0.2) is 22.8 Å². The first kappa shape index (κ1) is 10.3. The Morgan fingerprint density at radius 3 is 2.93 bits per heavy atom. The molecule has 1 heterocycles. The fourth-order valence-corrected chi connectivity index (χ4v) is 1.18. The minimum atomic E-state index is -0.627. The third-order valence-electron chi connectivity index (χ3n) is 2.02. The molecular formula is C10H12N2O2. The normalized spacial score (nSPS) is 11.8. The van der Waals surface area contributed by atoms with Crippen LogP contribution >= 0.6 is 0 Å². The summed E-state index contributed by atoms with van der Waals surface area (Å²) in [6.45, 7) is 1.76. The number of carbonyl (C=O) groups excluding carboxylic acids is 1. The summed E-state index contributed by atoms with van der Waals surface area (Å²) >= 11 is 0. The van der Waals surface area contributed by atoms with E-state index in [9.17, 15) is 4.79 Å². The smallest absolute Gasteiger partial charge is 0.223 e. The van der Waals surface area contributed by atoms with Gasteiger partial charge >= 0.3 is 0 Å². The maximum Gasteiger partial charge on any atom is 0.223 e. The van der Waals surface area contributed by atoms with Gasteiger partial charge in [-0.25, -0.2) is 0 Å². The van der Waals surface area contributed by atoms with Gasteiger partial charge in [-0.15, -0.1) is 0 Å². The molecule has 0 aliphatic rings. The summed E-state index contributed by atoms with van der Waals surface area (Å²) in [6, 6.07) is 4.79. The molecule has 0 saturated carbocycles. The number of hydrogen-bond donors (Lipinski definition) is 0. The highest BCUT2D eigenvalue weighted by molar-refractivity contribution is 5.76. The summed E-state index contributed by atoms with van der Waals surface area (Å²) < 4.78 is 5.09. The van der Waals surface area contributed by atoms with Gasteiger partial charge in [-0.1, -0.05) is 6.92 Å². The zero-order valence-corrected chi connectivity index (χ0v) is 8.23. The molecular weight excluding hydrogens is 180 g/mol. The van der Waals surface area contributed by atoms with Crippen molar-refractivity contribution in [1.82, 2.24) is 4.90 Å². The Bertz CT molecular complexity index is 338. The van der Waals surface area contributed by atoms with Gasteiger partial charge in [0.15, 0.2) is 6.04 Å². The first-order valence-corrected chi connectivity index (χ1v) is 4.39. The molecule has 1 unspecified atom stereocenters. The molecule has 0 spiro atoms. The minimum Gasteiger partial charge on any atom is -0.466 e. The molecule has 14 heavy (non-hydrogen) atoms. The van der Waals surface area contributed by atoms with Gasteiger partial charge in [0.25, 0.3) is 0 Å². The quantitative estimate of drug-likeness (QED) is 0.732. The van der Waals surface area contributed by atoms with Crippen LogP contribution in [0.4, 0.5) is 0 Å². The van der Waals surface area contributed by atoms with Crippen LogP contribution < -0.4 is 0 Å². The lowest BCUT2D eigenvalue weighted by Crippen LogP contribution is -2.29. The number of hydrogen-bond acceptors (Lipinski definition) is 3. The van der Waals surface area contributed by atoms with E-state index in [0.29, 0.717) is 12.2 Å². The van der Waals surface area contributed by atoms with Crippen molar-refractivity contribution in [3.63, 3.8) is 0 Å². The van der Waals surface area contributed by atoms with Gasteiger partial charge in [-0.3, -0.25) is 4.79 Å². The summed E-state index contributed by atoms with van der Waals surface area (Å²) in [4.78, 5) is 12.7. The number of nitriles is 1. The highest BCUT2D eigenvalue weighted by Gasteiger charge is 2.22.